The molecule has 0 radical (unpaired) electrons. The van der Waals surface area contributed by atoms with Crippen molar-refractivity contribution in [1.29, 1.82) is 0 Å². The van der Waals surface area contributed by atoms with Gasteiger partial charge in [-0.3, -0.25) is 9.69 Å². The van der Waals surface area contributed by atoms with E-state index < -0.39 is 24.2 Å². The molecule has 0 amide bonds. The smallest absolute Gasteiger partial charge is 0.321 e. The van der Waals surface area contributed by atoms with Gasteiger partial charge in [-0.15, -0.1) is 0 Å². The number of aliphatic hydroxyl groups excluding tert-OH is 2. The summed E-state index contributed by atoms with van der Waals surface area (Å²) in [5.41, 5.74) is 0. The van der Waals surface area contributed by atoms with Gasteiger partial charge in [0.2, 0.25) is 0 Å². The average molecular weight is 203 g/mol. The average Bonchev–Trinajstić information content (AvgIpc) is 2.29. The molecular weight excluding hydrogens is 186 g/mol. The van der Waals surface area contributed by atoms with Crippen LogP contribution in [0.25, 0.3) is 0 Å². The summed E-state index contributed by atoms with van der Waals surface area (Å²) in [7, 11) is 0. The third kappa shape index (κ3) is 2.23. The van der Waals surface area contributed by atoms with Gasteiger partial charge in [-0.2, -0.15) is 0 Å². The molecule has 3 atom stereocenters. The van der Waals surface area contributed by atoms with Gasteiger partial charge in [0.25, 0.3) is 0 Å². The maximum atomic E-state index is 10.9. The SMILES string of the molecule is CC(C)C(C(=O)O)N1CC(O)C(O)C1. The van der Waals surface area contributed by atoms with Gasteiger partial charge in [-0.05, 0) is 5.92 Å². The molecule has 0 saturated carbocycles. The molecule has 3 unspecified atom stereocenters. The minimum Gasteiger partial charge on any atom is -0.480 e. The zero-order valence-corrected chi connectivity index (χ0v) is 8.42. The van der Waals surface area contributed by atoms with Crippen molar-refractivity contribution < 1.29 is 20.1 Å². The van der Waals surface area contributed by atoms with E-state index in [9.17, 15) is 15.0 Å². The number of rotatable bonds is 3. The Labute approximate surface area is 83.0 Å². The molecule has 0 bridgehead atoms. The van der Waals surface area contributed by atoms with Gasteiger partial charge in [0, 0.05) is 13.1 Å². The second-order valence-corrected chi connectivity index (χ2v) is 4.12. The Balaban J connectivity index is 2.67. The highest BCUT2D eigenvalue weighted by atomic mass is 16.4. The van der Waals surface area contributed by atoms with Crippen molar-refractivity contribution in [2.75, 3.05) is 13.1 Å². The highest BCUT2D eigenvalue weighted by Crippen LogP contribution is 2.18. The summed E-state index contributed by atoms with van der Waals surface area (Å²) in [6, 6.07) is -0.623. The van der Waals surface area contributed by atoms with E-state index in [1.54, 1.807) is 4.90 Å². The van der Waals surface area contributed by atoms with Crippen molar-refractivity contribution >= 4 is 5.97 Å². The van der Waals surface area contributed by atoms with Gasteiger partial charge < -0.3 is 15.3 Å². The van der Waals surface area contributed by atoms with Crippen LogP contribution in [0.2, 0.25) is 0 Å². The molecule has 5 heteroatoms. The summed E-state index contributed by atoms with van der Waals surface area (Å²) in [6.45, 7) is 4.10. The fourth-order valence-corrected chi connectivity index (χ4v) is 1.89. The summed E-state index contributed by atoms with van der Waals surface area (Å²) in [6.07, 6.45) is -1.65. The minimum atomic E-state index is -0.902. The number of aliphatic hydroxyl groups is 2. The van der Waals surface area contributed by atoms with E-state index in [4.69, 9.17) is 5.11 Å². The lowest BCUT2D eigenvalue weighted by Crippen LogP contribution is -2.44. The maximum Gasteiger partial charge on any atom is 0.321 e. The van der Waals surface area contributed by atoms with Gasteiger partial charge in [0.15, 0.2) is 0 Å². The van der Waals surface area contributed by atoms with Gasteiger partial charge in [-0.1, -0.05) is 13.8 Å². The Morgan fingerprint density at radius 2 is 1.71 bits per heavy atom. The quantitative estimate of drug-likeness (QED) is 0.555. The van der Waals surface area contributed by atoms with E-state index in [0.717, 1.165) is 0 Å². The molecule has 0 spiro atoms. The van der Waals surface area contributed by atoms with E-state index in [0.29, 0.717) is 0 Å². The van der Waals surface area contributed by atoms with Crippen LogP contribution in [0.1, 0.15) is 13.8 Å². The third-order valence-corrected chi connectivity index (χ3v) is 2.57. The van der Waals surface area contributed by atoms with Crippen LogP contribution in [-0.4, -0.2) is 57.5 Å². The normalized spacial score (nSPS) is 30.9. The predicted octanol–water partition coefficient (Wildman–Crippen LogP) is -0.867. The molecule has 1 aliphatic rings. The molecule has 1 heterocycles. The number of hydrogen-bond donors (Lipinski definition) is 3. The molecule has 0 aromatic carbocycles. The minimum absolute atomic E-state index is 0.0370. The zero-order valence-electron chi connectivity index (χ0n) is 8.42. The van der Waals surface area contributed by atoms with Crippen LogP contribution in [0.15, 0.2) is 0 Å². The van der Waals surface area contributed by atoms with Crippen LogP contribution in [0.4, 0.5) is 0 Å². The van der Waals surface area contributed by atoms with E-state index in [-0.39, 0.29) is 19.0 Å². The highest BCUT2D eigenvalue weighted by molar-refractivity contribution is 5.73. The number of aliphatic carboxylic acids is 1. The van der Waals surface area contributed by atoms with Crippen molar-refractivity contribution in [2.45, 2.75) is 32.1 Å². The van der Waals surface area contributed by atoms with Crippen LogP contribution in [0, 0.1) is 5.92 Å². The number of carboxylic acid groups (broad SMARTS) is 1. The zero-order chi connectivity index (χ0) is 10.9. The first-order valence-electron chi connectivity index (χ1n) is 4.76. The summed E-state index contributed by atoms with van der Waals surface area (Å²) in [5.74, 6) is -0.939. The fourth-order valence-electron chi connectivity index (χ4n) is 1.89. The molecule has 3 N–H and O–H groups in total. The third-order valence-electron chi connectivity index (χ3n) is 2.57. The number of carboxylic acids is 1. The molecule has 0 aromatic rings. The largest absolute Gasteiger partial charge is 0.480 e. The van der Waals surface area contributed by atoms with Gasteiger partial charge in [0.1, 0.15) is 6.04 Å². The lowest BCUT2D eigenvalue weighted by molar-refractivity contribution is -0.144. The standard InChI is InChI=1S/C9H17NO4/c1-5(2)8(9(13)14)10-3-6(11)7(12)4-10/h5-8,11-12H,3-4H2,1-2H3,(H,13,14). The Morgan fingerprint density at radius 3 is 2.00 bits per heavy atom. The van der Waals surface area contributed by atoms with Crippen LogP contribution in [0.3, 0.4) is 0 Å². The first-order valence-corrected chi connectivity index (χ1v) is 4.76. The van der Waals surface area contributed by atoms with Crippen molar-refractivity contribution in [1.82, 2.24) is 4.90 Å². The van der Waals surface area contributed by atoms with E-state index in [2.05, 4.69) is 0 Å². The predicted molar refractivity (Wildman–Crippen MR) is 49.8 cm³/mol. The topological polar surface area (TPSA) is 81.0 Å². The van der Waals surface area contributed by atoms with Crippen molar-refractivity contribution in [3.05, 3.63) is 0 Å². The first-order chi connectivity index (χ1) is 6.43. The van der Waals surface area contributed by atoms with Crippen molar-refractivity contribution in [3.63, 3.8) is 0 Å². The molecule has 5 nitrogen and oxygen atoms in total. The molecule has 1 saturated heterocycles. The number of β-amino-alcohol motifs (C(OH)–C–C–N with tert-alkyl or cyclic N) is 2. The van der Waals surface area contributed by atoms with E-state index >= 15 is 0 Å². The van der Waals surface area contributed by atoms with Crippen molar-refractivity contribution in [2.24, 2.45) is 5.92 Å². The molecule has 1 fully saturated rings. The summed E-state index contributed by atoms with van der Waals surface area (Å²) < 4.78 is 0. The lowest BCUT2D eigenvalue weighted by atomic mass is 10.0. The van der Waals surface area contributed by atoms with Crippen molar-refractivity contribution in [3.8, 4) is 0 Å². The molecule has 82 valence electrons. The number of nitrogens with zero attached hydrogens (tertiary/aromatic N) is 1. The summed E-state index contributed by atoms with van der Waals surface area (Å²) in [5, 5.41) is 27.6. The van der Waals surface area contributed by atoms with E-state index in [1.807, 2.05) is 13.8 Å². The Hall–Kier alpha value is -0.650. The Bertz CT molecular complexity index is 209. The summed E-state index contributed by atoms with van der Waals surface area (Å²) >= 11 is 0. The van der Waals surface area contributed by atoms with Crippen LogP contribution in [-0.2, 0) is 4.79 Å². The second kappa shape index (κ2) is 4.25. The Morgan fingerprint density at radius 1 is 1.29 bits per heavy atom. The number of likely N-dealkylation sites (tertiary alicyclic amines) is 1. The number of hydrogen-bond acceptors (Lipinski definition) is 4. The lowest BCUT2D eigenvalue weighted by Gasteiger charge is -2.26. The van der Waals surface area contributed by atoms with Crippen LogP contribution < -0.4 is 0 Å². The molecule has 0 aliphatic carbocycles. The highest BCUT2D eigenvalue weighted by Gasteiger charge is 2.38. The molecular formula is C9H17NO4. The van der Waals surface area contributed by atoms with Gasteiger partial charge in [0.05, 0.1) is 12.2 Å². The van der Waals surface area contributed by atoms with Gasteiger partial charge in [-0.25, -0.2) is 0 Å². The van der Waals surface area contributed by atoms with Crippen LogP contribution in [0.5, 0.6) is 0 Å². The molecule has 0 aromatic heterocycles. The van der Waals surface area contributed by atoms with Gasteiger partial charge >= 0.3 is 5.97 Å². The molecule has 14 heavy (non-hydrogen) atoms. The second-order valence-electron chi connectivity index (χ2n) is 4.12. The number of carbonyl (C=O) groups is 1. The maximum absolute atomic E-state index is 10.9. The monoisotopic (exact) mass is 203 g/mol. The Kier molecular flexibility index (Phi) is 3.47. The fraction of sp³-hybridized carbons (Fsp3) is 0.889. The molecule has 1 rings (SSSR count). The van der Waals surface area contributed by atoms with E-state index in [1.165, 1.54) is 0 Å². The van der Waals surface area contributed by atoms with Crippen LogP contribution >= 0.6 is 0 Å². The summed E-state index contributed by atoms with van der Waals surface area (Å²) in [4.78, 5) is 12.5. The molecule has 1 aliphatic heterocycles. The first kappa shape index (κ1) is 11.4.